The maximum absolute atomic E-state index is 4.36. The first-order valence-electron chi connectivity index (χ1n) is 9.41. The number of nitrogens with zero attached hydrogens (tertiary/aromatic N) is 4. The Kier molecular flexibility index (Phi) is 6.12. The predicted octanol–water partition coefficient (Wildman–Crippen LogP) is 1.62. The van der Waals surface area contributed by atoms with Gasteiger partial charge >= 0.3 is 0 Å². The van der Waals surface area contributed by atoms with Crippen molar-refractivity contribution < 1.29 is 0 Å². The third-order valence-corrected chi connectivity index (χ3v) is 5.22. The van der Waals surface area contributed by atoms with Crippen LogP contribution in [0.2, 0.25) is 0 Å². The highest BCUT2D eigenvalue weighted by atomic mass is 15.3. The quantitative estimate of drug-likeness (QED) is 0.614. The molecule has 0 bridgehead atoms. The van der Waals surface area contributed by atoms with Crippen molar-refractivity contribution in [1.82, 2.24) is 25.3 Å². The summed E-state index contributed by atoms with van der Waals surface area (Å²) in [5.74, 6) is 1.85. The summed E-state index contributed by atoms with van der Waals surface area (Å²) >= 11 is 0. The number of hydrogen-bond acceptors (Lipinski definition) is 3. The smallest absolute Gasteiger partial charge is 0.191 e. The third-order valence-electron chi connectivity index (χ3n) is 5.22. The molecule has 6 nitrogen and oxygen atoms in total. The monoisotopic (exact) mass is 332 g/mol. The van der Waals surface area contributed by atoms with Crippen LogP contribution >= 0.6 is 0 Å². The molecule has 2 heterocycles. The minimum atomic E-state index is 0.518. The lowest BCUT2D eigenvalue weighted by atomic mass is 10.1. The zero-order chi connectivity index (χ0) is 16.8. The van der Waals surface area contributed by atoms with E-state index < -0.39 is 0 Å². The van der Waals surface area contributed by atoms with Crippen molar-refractivity contribution >= 4 is 5.96 Å². The van der Waals surface area contributed by atoms with E-state index in [2.05, 4.69) is 38.7 Å². The lowest BCUT2D eigenvalue weighted by molar-refractivity contribution is 0.275. The molecule has 1 atom stereocenters. The van der Waals surface area contributed by atoms with Gasteiger partial charge in [-0.1, -0.05) is 12.8 Å². The molecule has 1 aliphatic carbocycles. The molecular weight excluding hydrogens is 300 g/mol. The number of aromatic nitrogens is 2. The van der Waals surface area contributed by atoms with Gasteiger partial charge in [0.2, 0.25) is 0 Å². The van der Waals surface area contributed by atoms with Crippen LogP contribution in [0.25, 0.3) is 0 Å². The van der Waals surface area contributed by atoms with Gasteiger partial charge in [0.15, 0.2) is 5.96 Å². The normalized spacial score (nSPS) is 23.1. The summed E-state index contributed by atoms with van der Waals surface area (Å²) in [5.41, 5.74) is 1.20. The second-order valence-electron chi connectivity index (χ2n) is 7.32. The van der Waals surface area contributed by atoms with Gasteiger partial charge in [0.05, 0.1) is 12.7 Å². The van der Waals surface area contributed by atoms with Crippen LogP contribution < -0.4 is 10.6 Å². The number of hydrogen-bond donors (Lipinski definition) is 2. The number of aryl methyl sites for hydroxylation is 1. The molecule has 1 unspecified atom stereocenters. The summed E-state index contributed by atoms with van der Waals surface area (Å²) in [6, 6.07) is 0.518. The van der Waals surface area contributed by atoms with Crippen molar-refractivity contribution in [1.29, 1.82) is 0 Å². The number of nitrogens with one attached hydrogen (secondary N) is 2. The summed E-state index contributed by atoms with van der Waals surface area (Å²) in [6.07, 6.45) is 10.9. The molecule has 0 amide bonds. The molecule has 2 fully saturated rings. The van der Waals surface area contributed by atoms with Gasteiger partial charge in [-0.2, -0.15) is 5.10 Å². The summed E-state index contributed by atoms with van der Waals surface area (Å²) in [6.45, 7) is 7.41. The SMILES string of the molecule is CN=C(NCCn1cc(C)cn1)NC1CCN(CC2CCCC2)C1. The minimum absolute atomic E-state index is 0.518. The van der Waals surface area contributed by atoms with Gasteiger partial charge in [-0.15, -0.1) is 0 Å². The third kappa shape index (κ3) is 4.97. The summed E-state index contributed by atoms with van der Waals surface area (Å²) < 4.78 is 1.97. The lowest BCUT2D eigenvalue weighted by Gasteiger charge is -2.21. The van der Waals surface area contributed by atoms with Crippen LogP contribution in [-0.4, -0.2) is 59.9 Å². The highest BCUT2D eigenvalue weighted by Crippen LogP contribution is 2.26. The molecule has 0 aromatic carbocycles. The molecule has 1 saturated carbocycles. The van der Waals surface area contributed by atoms with Crippen molar-refractivity contribution in [2.75, 3.05) is 33.2 Å². The van der Waals surface area contributed by atoms with E-state index in [4.69, 9.17) is 0 Å². The van der Waals surface area contributed by atoms with Crippen LogP contribution in [-0.2, 0) is 6.54 Å². The van der Waals surface area contributed by atoms with E-state index in [0.29, 0.717) is 6.04 Å². The van der Waals surface area contributed by atoms with Gasteiger partial charge in [-0.05, 0) is 37.7 Å². The summed E-state index contributed by atoms with van der Waals surface area (Å²) in [7, 11) is 1.85. The average molecular weight is 332 g/mol. The maximum atomic E-state index is 4.36. The molecule has 2 N–H and O–H groups in total. The van der Waals surface area contributed by atoms with Crippen LogP contribution in [0.5, 0.6) is 0 Å². The fraction of sp³-hybridized carbons (Fsp3) is 0.778. The molecular formula is C18H32N6. The Labute approximate surface area is 145 Å². The van der Waals surface area contributed by atoms with E-state index in [1.165, 1.54) is 50.8 Å². The van der Waals surface area contributed by atoms with Crippen molar-refractivity contribution in [3.8, 4) is 0 Å². The summed E-state index contributed by atoms with van der Waals surface area (Å²) in [5, 5.41) is 11.3. The zero-order valence-corrected chi connectivity index (χ0v) is 15.2. The Bertz CT molecular complexity index is 531. The molecule has 134 valence electrons. The first kappa shape index (κ1) is 17.3. The lowest BCUT2D eigenvalue weighted by Crippen LogP contribution is -2.45. The Morgan fingerprint density at radius 2 is 2.17 bits per heavy atom. The second-order valence-corrected chi connectivity index (χ2v) is 7.32. The molecule has 1 aliphatic heterocycles. The van der Waals surface area contributed by atoms with Crippen LogP contribution in [0.3, 0.4) is 0 Å². The number of rotatable bonds is 6. The van der Waals surface area contributed by atoms with E-state index >= 15 is 0 Å². The molecule has 3 rings (SSSR count). The molecule has 0 spiro atoms. The van der Waals surface area contributed by atoms with E-state index in [-0.39, 0.29) is 0 Å². The van der Waals surface area contributed by atoms with Crippen molar-refractivity contribution in [2.45, 2.75) is 51.6 Å². The van der Waals surface area contributed by atoms with Gasteiger partial charge in [-0.25, -0.2) is 0 Å². The topological polar surface area (TPSA) is 57.5 Å². The van der Waals surface area contributed by atoms with Crippen molar-refractivity contribution in [3.05, 3.63) is 18.0 Å². The molecule has 1 saturated heterocycles. The average Bonchev–Trinajstić information content (AvgIpc) is 3.30. The van der Waals surface area contributed by atoms with E-state index in [9.17, 15) is 0 Å². The number of aliphatic imine (C=N–C) groups is 1. The molecule has 1 aromatic heterocycles. The van der Waals surface area contributed by atoms with Crippen LogP contribution in [0.4, 0.5) is 0 Å². The molecule has 0 radical (unpaired) electrons. The van der Waals surface area contributed by atoms with E-state index in [1.54, 1.807) is 0 Å². The zero-order valence-electron chi connectivity index (χ0n) is 15.2. The van der Waals surface area contributed by atoms with Gasteiger partial charge in [0, 0.05) is 45.5 Å². The van der Waals surface area contributed by atoms with Gasteiger partial charge in [0.1, 0.15) is 0 Å². The van der Waals surface area contributed by atoms with Crippen LogP contribution in [0.1, 0.15) is 37.7 Å². The Balaban J connectivity index is 1.36. The van der Waals surface area contributed by atoms with Crippen molar-refractivity contribution in [2.24, 2.45) is 10.9 Å². The maximum Gasteiger partial charge on any atom is 0.191 e. The molecule has 24 heavy (non-hydrogen) atoms. The first-order chi connectivity index (χ1) is 11.7. The van der Waals surface area contributed by atoms with E-state index in [0.717, 1.165) is 31.5 Å². The highest BCUT2D eigenvalue weighted by molar-refractivity contribution is 5.79. The number of guanidine groups is 1. The van der Waals surface area contributed by atoms with Gasteiger partial charge in [-0.3, -0.25) is 9.67 Å². The van der Waals surface area contributed by atoms with Crippen LogP contribution in [0, 0.1) is 12.8 Å². The fourth-order valence-electron chi connectivity index (χ4n) is 3.94. The van der Waals surface area contributed by atoms with Gasteiger partial charge < -0.3 is 15.5 Å². The molecule has 6 heteroatoms. The molecule has 2 aliphatic rings. The first-order valence-corrected chi connectivity index (χ1v) is 9.41. The summed E-state index contributed by atoms with van der Waals surface area (Å²) in [4.78, 5) is 6.99. The van der Waals surface area contributed by atoms with Crippen LogP contribution in [0.15, 0.2) is 17.4 Å². The van der Waals surface area contributed by atoms with E-state index in [1.807, 2.05) is 17.9 Å². The van der Waals surface area contributed by atoms with Gasteiger partial charge in [0.25, 0.3) is 0 Å². The Morgan fingerprint density at radius 3 is 2.88 bits per heavy atom. The Morgan fingerprint density at radius 1 is 1.33 bits per heavy atom. The minimum Gasteiger partial charge on any atom is -0.355 e. The molecule has 1 aromatic rings. The highest BCUT2D eigenvalue weighted by Gasteiger charge is 2.26. The van der Waals surface area contributed by atoms with Crippen molar-refractivity contribution in [3.63, 3.8) is 0 Å². The Hall–Kier alpha value is -1.56. The predicted molar refractivity (Wildman–Crippen MR) is 98.3 cm³/mol. The largest absolute Gasteiger partial charge is 0.355 e. The number of likely N-dealkylation sites (tertiary alicyclic amines) is 1. The second kappa shape index (κ2) is 8.51. The standard InChI is InChI=1S/C18H32N6/c1-15-11-21-24(12-15)10-8-20-18(19-2)22-17-7-9-23(14-17)13-16-5-3-4-6-16/h11-12,16-17H,3-10,13-14H2,1-2H3,(H2,19,20,22). The fourth-order valence-corrected chi connectivity index (χ4v) is 3.94.